The summed E-state index contributed by atoms with van der Waals surface area (Å²) in [4.78, 5) is 16.9. The third-order valence-electron chi connectivity index (χ3n) is 5.30. The largest absolute Gasteiger partial charge is 0.305 e. The molecular weight excluding hydrogens is 338 g/mol. The zero-order valence-corrected chi connectivity index (χ0v) is 15.6. The molecule has 0 saturated heterocycles. The second-order valence-electron chi connectivity index (χ2n) is 7.16. The van der Waals surface area contributed by atoms with Crippen molar-refractivity contribution in [3.63, 3.8) is 0 Å². The van der Waals surface area contributed by atoms with E-state index in [4.69, 9.17) is 10.8 Å². The highest BCUT2D eigenvalue weighted by Gasteiger charge is 2.28. The molecule has 0 unspecified atom stereocenters. The van der Waals surface area contributed by atoms with Crippen molar-refractivity contribution in [2.45, 2.75) is 32.1 Å². The molecule has 6 nitrogen and oxygen atoms in total. The summed E-state index contributed by atoms with van der Waals surface area (Å²) in [6.45, 7) is 3.66. The maximum atomic E-state index is 12.6. The van der Waals surface area contributed by atoms with Crippen molar-refractivity contribution in [2.75, 3.05) is 0 Å². The smallest absolute Gasteiger partial charge is 0.141 e. The molecule has 1 saturated carbocycles. The lowest BCUT2D eigenvalue weighted by molar-refractivity contribution is -0.122. The Morgan fingerprint density at radius 1 is 1.26 bits per heavy atom. The van der Waals surface area contributed by atoms with Crippen LogP contribution in [-0.2, 0) is 11.8 Å². The van der Waals surface area contributed by atoms with Gasteiger partial charge in [0.15, 0.2) is 0 Å². The number of nitrogens with zero attached hydrogens (tertiary/aromatic N) is 3. The molecule has 0 atom stereocenters. The number of pyridine rings is 1. The normalized spacial score (nSPS) is 19.4. The number of aryl methyl sites for hydroxylation is 1. The lowest BCUT2D eigenvalue weighted by Crippen LogP contribution is -2.26. The first kappa shape index (κ1) is 18.9. The van der Waals surface area contributed by atoms with E-state index in [0.717, 1.165) is 36.8 Å². The van der Waals surface area contributed by atoms with E-state index in [0.29, 0.717) is 11.4 Å². The highest BCUT2D eigenvalue weighted by molar-refractivity contribution is 6.09. The highest BCUT2D eigenvalue weighted by Crippen LogP contribution is 2.31. The van der Waals surface area contributed by atoms with Gasteiger partial charge in [-0.15, -0.1) is 0 Å². The van der Waals surface area contributed by atoms with Gasteiger partial charge in [0.2, 0.25) is 0 Å². The first-order chi connectivity index (χ1) is 13.0. The third kappa shape index (κ3) is 4.45. The Morgan fingerprint density at radius 3 is 2.59 bits per heavy atom. The van der Waals surface area contributed by atoms with Gasteiger partial charge in [0, 0.05) is 42.6 Å². The molecule has 1 aliphatic rings. The minimum atomic E-state index is -0.0132. The topological polar surface area (TPSA) is 95.5 Å². The van der Waals surface area contributed by atoms with Gasteiger partial charge < -0.3 is 10.8 Å². The fourth-order valence-electron chi connectivity index (χ4n) is 3.65. The number of carbonyl (C=O) groups is 1. The summed E-state index contributed by atoms with van der Waals surface area (Å²) in [5, 5.41) is 20.4. The van der Waals surface area contributed by atoms with Crippen LogP contribution >= 0.6 is 0 Å². The summed E-state index contributed by atoms with van der Waals surface area (Å²) >= 11 is 0. The first-order valence-electron chi connectivity index (χ1n) is 9.24. The molecule has 0 radical (unpaired) electrons. The fraction of sp³-hybridized carbons (Fsp3) is 0.381. The molecule has 0 bridgehead atoms. The third-order valence-corrected chi connectivity index (χ3v) is 5.30. The Bertz CT molecular complexity index is 874. The van der Waals surface area contributed by atoms with Crippen LogP contribution in [0.2, 0.25) is 0 Å². The van der Waals surface area contributed by atoms with Crippen molar-refractivity contribution < 1.29 is 4.79 Å². The number of Topliss-reactive ketones (excluding diaryl/α,β-unsaturated/α-hetero) is 1. The Balaban J connectivity index is 1.61. The summed E-state index contributed by atoms with van der Waals surface area (Å²) in [5.74, 6) is 0.321. The van der Waals surface area contributed by atoms with Crippen molar-refractivity contribution in [3.05, 3.63) is 49.1 Å². The van der Waals surface area contributed by atoms with Crippen LogP contribution < -0.4 is 0 Å². The van der Waals surface area contributed by atoms with Crippen molar-refractivity contribution in [3.8, 4) is 11.1 Å². The zero-order valence-electron chi connectivity index (χ0n) is 15.6. The van der Waals surface area contributed by atoms with E-state index in [9.17, 15) is 4.79 Å². The zero-order chi connectivity index (χ0) is 19.4. The van der Waals surface area contributed by atoms with E-state index in [-0.39, 0.29) is 29.8 Å². The summed E-state index contributed by atoms with van der Waals surface area (Å²) in [7, 11) is 1.86. The molecule has 2 aromatic rings. The van der Waals surface area contributed by atoms with Crippen LogP contribution in [0.15, 0.2) is 43.4 Å². The first-order valence-corrected chi connectivity index (χ1v) is 9.24. The molecule has 3 rings (SSSR count). The molecule has 0 amide bonds. The van der Waals surface area contributed by atoms with Crippen molar-refractivity contribution >= 4 is 17.2 Å². The standard InChI is InChI=1S/C21H25N5O/c1-3-18(22)14-4-6-15(7-5-14)21(27)11-19(23)20-10-16(8-9-24-20)17-12-25-26(2)13-17/h3,8-10,12-15,22-23H,1,4-7,11H2,2H3. The second-order valence-corrected chi connectivity index (χ2v) is 7.16. The summed E-state index contributed by atoms with van der Waals surface area (Å²) in [5.41, 5.74) is 3.26. The number of allylic oxidation sites excluding steroid dienone is 1. The monoisotopic (exact) mass is 363 g/mol. The van der Waals surface area contributed by atoms with E-state index in [1.165, 1.54) is 0 Å². The van der Waals surface area contributed by atoms with Crippen LogP contribution in [0.4, 0.5) is 0 Å². The summed E-state index contributed by atoms with van der Waals surface area (Å²) in [6.07, 6.45) is 10.3. The predicted molar refractivity (Wildman–Crippen MR) is 106 cm³/mol. The number of carbonyl (C=O) groups excluding carboxylic acids is 1. The van der Waals surface area contributed by atoms with Gasteiger partial charge in [-0.25, -0.2) is 0 Å². The van der Waals surface area contributed by atoms with Crippen LogP contribution in [-0.4, -0.2) is 32.0 Å². The average Bonchev–Trinajstić information content (AvgIpc) is 3.14. The quantitative estimate of drug-likeness (QED) is 0.732. The van der Waals surface area contributed by atoms with Crippen molar-refractivity contribution in [1.29, 1.82) is 10.8 Å². The molecular formula is C21H25N5O. The molecule has 0 aliphatic heterocycles. The van der Waals surface area contributed by atoms with Gasteiger partial charge in [0.1, 0.15) is 5.78 Å². The maximum absolute atomic E-state index is 12.6. The lowest BCUT2D eigenvalue weighted by Gasteiger charge is -2.27. The number of ketones is 1. The molecule has 1 fully saturated rings. The maximum Gasteiger partial charge on any atom is 0.141 e. The van der Waals surface area contributed by atoms with Crippen LogP contribution in [0.1, 0.15) is 37.8 Å². The molecule has 1 aliphatic carbocycles. The molecule has 2 N–H and O–H groups in total. The molecule has 0 aromatic carbocycles. The van der Waals surface area contributed by atoms with Gasteiger partial charge in [-0.1, -0.05) is 6.58 Å². The van der Waals surface area contributed by atoms with Gasteiger partial charge in [-0.05, 0) is 49.5 Å². The molecule has 140 valence electrons. The predicted octanol–water partition coefficient (Wildman–Crippen LogP) is 3.82. The summed E-state index contributed by atoms with van der Waals surface area (Å²) < 4.78 is 1.73. The van der Waals surface area contributed by atoms with E-state index >= 15 is 0 Å². The van der Waals surface area contributed by atoms with Crippen molar-refractivity contribution in [2.24, 2.45) is 18.9 Å². The molecule has 2 heterocycles. The number of nitrogens with one attached hydrogen (secondary N) is 2. The molecule has 27 heavy (non-hydrogen) atoms. The van der Waals surface area contributed by atoms with E-state index < -0.39 is 0 Å². The Kier molecular flexibility index (Phi) is 5.74. The highest BCUT2D eigenvalue weighted by atomic mass is 16.1. The van der Waals surface area contributed by atoms with Gasteiger partial charge in [0.25, 0.3) is 0 Å². The van der Waals surface area contributed by atoms with E-state index in [1.807, 2.05) is 25.4 Å². The minimum absolute atomic E-state index is 0.0132. The lowest BCUT2D eigenvalue weighted by atomic mass is 9.77. The Hall–Kier alpha value is -2.89. The fourth-order valence-corrected chi connectivity index (χ4v) is 3.65. The van der Waals surface area contributed by atoms with Gasteiger partial charge in [0.05, 0.1) is 24.0 Å². The number of aromatic nitrogens is 3. The minimum Gasteiger partial charge on any atom is -0.305 e. The van der Waals surface area contributed by atoms with Crippen LogP contribution in [0, 0.1) is 22.7 Å². The van der Waals surface area contributed by atoms with Gasteiger partial charge >= 0.3 is 0 Å². The summed E-state index contributed by atoms with van der Waals surface area (Å²) in [6, 6.07) is 3.72. The second kappa shape index (κ2) is 8.20. The number of rotatable bonds is 7. The van der Waals surface area contributed by atoms with Gasteiger partial charge in [-0.2, -0.15) is 5.10 Å². The van der Waals surface area contributed by atoms with Crippen molar-refractivity contribution in [1.82, 2.24) is 14.8 Å². The average molecular weight is 363 g/mol. The van der Waals surface area contributed by atoms with Gasteiger partial charge in [-0.3, -0.25) is 14.5 Å². The van der Waals surface area contributed by atoms with Crippen LogP contribution in [0.5, 0.6) is 0 Å². The number of hydrogen-bond acceptors (Lipinski definition) is 5. The van der Waals surface area contributed by atoms with E-state index in [2.05, 4.69) is 16.7 Å². The molecule has 0 spiro atoms. The number of hydrogen-bond donors (Lipinski definition) is 2. The molecule has 6 heteroatoms. The SMILES string of the molecule is C=CC(=N)C1CCC(C(=O)CC(=N)c2cc(-c3cnn(C)c3)ccn2)CC1. The Labute approximate surface area is 159 Å². The van der Waals surface area contributed by atoms with E-state index in [1.54, 1.807) is 23.2 Å². The Morgan fingerprint density at radius 2 is 1.96 bits per heavy atom. The van der Waals surface area contributed by atoms with Crippen LogP contribution in [0.25, 0.3) is 11.1 Å². The molecule has 2 aromatic heterocycles. The van der Waals surface area contributed by atoms with Crippen LogP contribution in [0.3, 0.4) is 0 Å².